The molecule has 11 heavy (non-hydrogen) atoms. The number of amides is 1. The van der Waals surface area contributed by atoms with Crippen LogP contribution in [0.4, 0.5) is 0 Å². The van der Waals surface area contributed by atoms with Crippen LogP contribution in [0.2, 0.25) is 0 Å². The molecule has 0 heterocycles. The number of hydrogen-bond acceptors (Lipinski definition) is 2. The number of carbonyl (C=O) groups excluding carboxylic acids is 1. The summed E-state index contributed by atoms with van der Waals surface area (Å²) >= 11 is 7.01. The van der Waals surface area contributed by atoms with Gasteiger partial charge in [0.1, 0.15) is 0 Å². The minimum atomic E-state index is -0.472. The van der Waals surface area contributed by atoms with Gasteiger partial charge >= 0.3 is 0 Å². The highest BCUT2D eigenvalue weighted by molar-refractivity contribution is 8.01. The number of alkyl halides is 1. The Kier molecular flexibility index (Phi) is 5.42. The number of nitrogens with zero attached hydrogens (tertiary/aromatic N) is 1. The van der Waals surface area contributed by atoms with Crippen molar-refractivity contribution in [1.29, 1.82) is 0 Å². The standard InChI is InChI=1S/C7H12ClNOS/c1-4-5-9(2)7(10)6(8)11-3/h4,6H,1,5H2,2-3H3. The van der Waals surface area contributed by atoms with Crippen molar-refractivity contribution in [1.82, 2.24) is 4.90 Å². The zero-order valence-electron chi connectivity index (χ0n) is 6.71. The molecule has 0 spiro atoms. The van der Waals surface area contributed by atoms with Gasteiger partial charge in [0.25, 0.3) is 5.91 Å². The summed E-state index contributed by atoms with van der Waals surface area (Å²) in [6.45, 7) is 4.07. The van der Waals surface area contributed by atoms with Crippen LogP contribution >= 0.6 is 23.4 Å². The third-order valence-corrected chi connectivity index (χ3v) is 2.52. The van der Waals surface area contributed by atoms with Gasteiger partial charge in [0, 0.05) is 13.6 Å². The smallest absolute Gasteiger partial charge is 0.250 e. The fourth-order valence-electron chi connectivity index (χ4n) is 0.558. The molecule has 0 radical (unpaired) electrons. The van der Waals surface area contributed by atoms with Gasteiger partial charge in [-0.25, -0.2) is 0 Å². The molecule has 0 saturated carbocycles. The van der Waals surface area contributed by atoms with Gasteiger partial charge in [0.05, 0.1) is 0 Å². The van der Waals surface area contributed by atoms with Gasteiger partial charge in [-0.05, 0) is 6.26 Å². The van der Waals surface area contributed by atoms with Gasteiger partial charge in [0.2, 0.25) is 0 Å². The van der Waals surface area contributed by atoms with Gasteiger partial charge in [-0.15, -0.1) is 29.9 Å². The van der Waals surface area contributed by atoms with Gasteiger partial charge in [-0.3, -0.25) is 4.79 Å². The molecule has 0 rings (SSSR count). The predicted molar refractivity (Wildman–Crippen MR) is 51.0 cm³/mol. The molecule has 0 aliphatic carbocycles. The Morgan fingerprint density at radius 3 is 2.82 bits per heavy atom. The Morgan fingerprint density at radius 1 is 1.91 bits per heavy atom. The Bertz CT molecular complexity index is 151. The van der Waals surface area contributed by atoms with Crippen LogP contribution in [0.3, 0.4) is 0 Å². The Morgan fingerprint density at radius 2 is 2.45 bits per heavy atom. The van der Waals surface area contributed by atoms with E-state index in [1.54, 1.807) is 24.3 Å². The van der Waals surface area contributed by atoms with Gasteiger partial charge in [-0.1, -0.05) is 6.08 Å². The van der Waals surface area contributed by atoms with Crippen LogP contribution in [-0.4, -0.2) is 35.4 Å². The van der Waals surface area contributed by atoms with E-state index in [4.69, 9.17) is 11.6 Å². The molecule has 0 fully saturated rings. The zero-order valence-corrected chi connectivity index (χ0v) is 8.28. The molecule has 0 aromatic rings. The number of likely N-dealkylation sites (N-methyl/N-ethyl adjacent to an activating group) is 1. The molecule has 0 N–H and O–H groups in total. The number of halogens is 1. The normalized spacial score (nSPS) is 12.3. The van der Waals surface area contributed by atoms with E-state index in [1.165, 1.54) is 11.8 Å². The summed E-state index contributed by atoms with van der Waals surface area (Å²) in [5, 5.41) is 0. The van der Waals surface area contributed by atoms with E-state index >= 15 is 0 Å². The fourth-order valence-corrected chi connectivity index (χ4v) is 1.11. The monoisotopic (exact) mass is 193 g/mol. The molecule has 4 heteroatoms. The van der Waals surface area contributed by atoms with Crippen LogP contribution in [0.1, 0.15) is 0 Å². The summed E-state index contributed by atoms with van der Waals surface area (Å²) in [7, 11) is 1.70. The fraction of sp³-hybridized carbons (Fsp3) is 0.571. The topological polar surface area (TPSA) is 20.3 Å². The summed E-state index contributed by atoms with van der Waals surface area (Å²) in [6.07, 6.45) is 3.47. The van der Waals surface area contributed by atoms with Crippen LogP contribution in [0.5, 0.6) is 0 Å². The van der Waals surface area contributed by atoms with Crippen molar-refractivity contribution in [3.05, 3.63) is 12.7 Å². The van der Waals surface area contributed by atoms with Gasteiger partial charge < -0.3 is 4.90 Å². The molecule has 0 bridgehead atoms. The lowest BCUT2D eigenvalue weighted by molar-refractivity contribution is -0.127. The van der Waals surface area contributed by atoms with Crippen molar-refractivity contribution in [2.45, 2.75) is 4.71 Å². The van der Waals surface area contributed by atoms with Crippen LogP contribution in [0.25, 0.3) is 0 Å². The van der Waals surface area contributed by atoms with E-state index in [1.807, 2.05) is 0 Å². The predicted octanol–water partition coefficient (Wildman–Crippen LogP) is 1.56. The first-order valence-corrected chi connectivity index (χ1v) is 4.88. The number of thioether (sulfide) groups is 1. The van der Waals surface area contributed by atoms with Crippen LogP contribution < -0.4 is 0 Å². The Balaban J connectivity index is 3.90. The Hall–Kier alpha value is -0.150. The summed E-state index contributed by atoms with van der Waals surface area (Å²) < 4.78 is -0.472. The molecule has 1 unspecified atom stereocenters. The van der Waals surface area contributed by atoms with Crippen molar-refractivity contribution in [3.63, 3.8) is 0 Å². The first-order valence-electron chi connectivity index (χ1n) is 3.16. The number of rotatable bonds is 4. The average molecular weight is 194 g/mol. The summed E-state index contributed by atoms with van der Waals surface area (Å²) in [4.78, 5) is 12.7. The van der Waals surface area contributed by atoms with Crippen molar-refractivity contribution in [2.75, 3.05) is 19.8 Å². The van der Waals surface area contributed by atoms with Crippen LogP contribution in [0, 0.1) is 0 Å². The minimum absolute atomic E-state index is 0.0703. The highest BCUT2D eigenvalue weighted by atomic mass is 35.5. The summed E-state index contributed by atoms with van der Waals surface area (Å²) in [6, 6.07) is 0. The van der Waals surface area contributed by atoms with Crippen LogP contribution in [0.15, 0.2) is 12.7 Å². The molecule has 0 aliphatic rings. The quantitative estimate of drug-likeness (QED) is 0.499. The number of carbonyl (C=O) groups is 1. The molecule has 0 saturated heterocycles. The number of hydrogen-bond donors (Lipinski definition) is 0. The maximum absolute atomic E-state index is 11.2. The highest BCUT2D eigenvalue weighted by Crippen LogP contribution is 2.13. The largest absolute Gasteiger partial charge is 0.340 e. The van der Waals surface area contributed by atoms with E-state index in [-0.39, 0.29) is 5.91 Å². The maximum atomic E-state index is 11.2. The molecular formula is C7H12ClNOS. The molecule has 64 valence electrons. The van der Waals surface area contributed by atoms with E-state index in [0.717, 1.165) is 0 Å². The minimum Gasteiger partial charge on any atom is -0.340 e. The SMILES string of the molecule is C=CCN(C)C(=O)C(Cl)SC. The van der Waals surface area contributed by atoms with Crippen molar-refractivity contribution < 1.29 is 4.79 Å². The van der Waals surface area contributed by atoms with Gasteiger partial charge in [-0.2, -0.15) is 0 Å². The molecule has 1 amide bonds. The van der Waals surface area contributed by atoms with E-state index < -0.39 is 4.71 Å². The molecule has 1 atom stereocenters. The van der Waals surface area contributed by atoms with Crippen molar-refractivity contribution in [2.24, 2.45) is 0 Å². The van der Waals surface area contributed by atoms with Crippen molar-refractivity contribution in [3.8, 4) is 0 Å². The van der Waals surface area contributed by atoms with E-state index in [2.05, 4.69) is 6.58 Å². The third-order valence-electron chi connectivity index (χ3n) is 1.18. The zero-order chi connectivity index (χ0) is 8.85. The summed E-state index contributed by atoms with van der Waals surface area (Å²) in [5.41, 5.74) is 0. The molecule has 0 aliphatic heterocycles. The molecule has 2 nitrogen and oxygen atoms in total. The first kappa shape index (κ1) is 10.8. The van der Waals surface area contributed by atoms with Crippen molar-refractivity contribution >= 4 is 29.3 Å². The lowest BCUT2D eigenvalue weighted by Gasteiger charge is -2.16. The van der Waals surface area contributed by atoms with E-state index in [0.29, 0.717) is 6.54 Å². The third kappa shape index (κ3) is 3.68. The Labute approximate surface area is 76.6 Å². The molecule has 0 aromatic heterocycles. The van der Waals surface area contributed by atoms with Gasteiger partial charge in [0.15, 0.2) is 4.71 Å². The molecular weight excluding hydrogens is 182 g/mol. The van der Waals surface area contributed by atoms with E-state index in [9.17, 15) is 4.79 Å². The summed E-state index contributed by atoms with van der Waals surface area (Å²) in [5.74, 6) is -0.0703. The average Bonchev–Trinajstić information content (AvgIpc) is 2.02. The van der Waals surface area contributed by atoms with Crippen LogP contribution in [-0.2, 0) is 4.79 Å². The molecule has 0 aromatic carbocycles. The highest BCUT2D eigenvalue weighted by Gasteiger charge is 2.16. The second kappa shape index (κ2) is 5.49. The lowest BCUT2D eigenvalue weighted by atomic mass is 10.5. The maximum Gasteiger partial charge on any atom is 0.250 e. The second-order valence-corrected chi connectivity index (χ2v) is 3.70. The lowest BCUT2D eigenvalue weighted by Crippen LogP contribution is -2.31. The second-order valence-electron chi connectivity index (χ2n) is 2.06. The first-order chi connectivity index (χ1) is 5.13.